The van der Waals surface area contributed by atoms with Crippen molar-refractivity contribution in [3.63, 3.8) is 0 Å². The Balaban J connectivity index is 4.70. The van der Waals surface area contributed by atoms with Gasteiger partial charge in [0.25, 0.3) is 5.91 Å². The Morgan fingerprint density at radius 3 is 2.26 bits per heavy atom. The molecule has 0 aliphatic heterocycles. The highest BCUT2D eigenvalue weighted by Crippen LogP contribution is 2.19. The van der Waals surface area contributed by atoms with E-state index in [0.717, 1.165) is 11.8 Å². The van der Waals surface area contributed by atoms with Gasteiger partial charge in [-0.3, -0.25) is 9.59 Å². The molecule has 0 radical (unpaired) electrons. The maximum atomic E-state index is 12.0. The number of carbonyl (C=O) groups is 3. The third-order valence-electron chi connectivity index (χ3n) is 1.67. The van der Waals surface area contributed by atoms with Gasteiger partial charge < -0.3 is 10.6 Å². The Morgan fingerprint density at radius 2 is 1.89 bits per heavy atom. The van der Waals surface area contributed by atoms with Gasteiger partial charge in [0.15, 0.2) is 5.12 Å². The van der Waals surface area contributed by atoms with Crippen LogP contribution in [0.5, 0.6) is 0 Å². The second-order valence-electron chi connectivity index (χ2n) is 3.46. The SMILES string of the molecule is CC(=O)SC(C)CN(OC(=O)C(F)(F)F)C(=O)CN. The van der Waals surface area contributed by atoms with Crippen molar-refractivity contribution in [1.82, 2.24) is 5.06 Å². The van der Waals surface area contributed by atoms with Crippen molar-refractivity contribution in [3.05, 3.63) is 0 Å². The van der Waals surface area contributed by atoms with E-state index in [1.54, 1.807) is 0 Å². The lowest BCUT2D eigenvalue weighted by molar-refractivity contribution is -0.236. The van der Waals surface area contributed by atoms with Crippen molar-refractivity contribution < 1.29 is 32.4 Å². The Hall–Kier alpha value is -1.29. The number of halogens is 3. The first-order valence-electron chi connectivity index (χ1n) is 5.04. The average Bonchev–Trinajstić information content (AvgIpc) is 2.24. The predicted molar refractivity (Wildman–Crippen MR) is 60.6 cm³/mol. The van der Waals surface area contributed by atoms with Crippen molar-refractivity contribution in [3.8, 4) is 0 Å². The van der Waals surface area contributed by atoms with Crippen molar-refractivity contribution in [1.29, 1.82) is 0 Å². The molecule has 110 valence electrons. The van der Waals surface area contributed by atoms with Gasteiger partial charge in [-0.15, -0.1) is 0 Å². The van der Waals surface area contributed by atoms with Gasteiger partial charge in [-0.25, -0.2) is 4.79 Å². The van der Waals surface area contributed by atoms with Crippen LogP contribution in [0.1, 0.15) is 13.8 Å². The summed E-state index contributed by atoms with van der Waals surface area (Å²) in [5.41, 5.74) is 5.00. The molecule has 0 bridgehead atoms. The van der Waals surface area contributed by atoms with Crippen molar-refractivity contribution in [2.24, 2.45) is 5.73 Å². The Kier molecular flexibility index (Phi) is 6.84. The molecular formula is C9H13F3N2O4S. The van der Waals surface area contributed by atoms with Gasteiger partial charge in [-0.2, -0.15) is 18.2 Å². The number of hydroxylamine groups is 2. The number of rotatable bonds is 4. The maximum Gasteiger partial charge on any atom is 0.493 e. The Morgan fingerprint density at radius 1 is 1.37 bits per heavy atom. The van der Waals surface area contributed by atoms with Crippen LogP contribution in [-0.2, 0) is 19.2 Å². The van der Waals surface area contributed by atoms with Gasteiger partial charge in [0, 0.05) is 12.2 Å². The highest BCUT2D eigenvalue weighted by atomic mass is 32.2. The van der Waals surface area contributed by atoms with Crippen LogP contribution in [0, 0.1) is 0 Å². The summed E-state index contributed by atoms with van der Waals surface area (Å²) < 4.78 is 36.1. The second-order valence-corrected chi connectivity index (χ2v) is 5.07. The van der Waals surface area contributed by atoms with Gasteiger partial charge in [0.2, 0.25) is 0 Å². The molecule has 10 heteroatoms. The Bertz CT molecular complexity index is 362. The van der Waals surface area contributed by atoms with Crippen LogP contribution < -0.4 is 5.73 Å². The summed E-state index contributed by atoms with van der Waals surface area (Å²) in [7, 11) is 0. The molecule has 0 aliphatic carbocycles. The summed E-state index contributed by atoms with van der Waals surface area (Å²) in [6.45, 7) is 1.76. The molecule has 0 aromatic rings. The van der Waals surface area contributed by atoms with Gasteiger partial charge >= 0.3 is 12.1 Å². The number of thioether (sulfide) groups is 1. The third kappa shape index (κ3) is 7.01. The van der Waals surface area contributed by atoms with E-state index < -0.39 is 29.8 Å². The molecule has 0 saturated heterocycles. The van der Waals surface area contributed by atoms with E-state index in [4.69, 9.17) is 5.73 Å². The molecule has 0 fully saturated rings. The van der Waals surface area contributed by atoms with Crippen LogP contribution in [0.25, 0.3) is 0 Å². The van der Waals surface area contributed by atoms with Crippen LogP contribution in [0.3, 0.4) is 0 Å². The van der Waals surface area contributed by atoms with Crippen LogP contribution in [0.2, 0.25) is 0 Å². The highest BCUT2D eigenvalue weighted by molar-refractivity contribution is 8.14. The number of hydrogen-bond acceptors (Lipinski definition) is 6. The molecule has 1 atom stereocenters. The summed E-state index contributed by atoms with van der Waals surface area (Å²) in [5.74, 6) is -3.51. The number of nitrogens with two attached hydrogens (primary N) is 1. The van der Waals surface area contributed by atoms with E-state index in [2.05, 4.69) is 4.84 Å². The molecule has 0 rings (SSSR count). The van der Waals surface area contributed by atoms with Crippen molar-refractivity contribution in [2.75, 3.05) is 13.1 Å². The number of carbonyl (C=O) groups excluding carboxylic acids is 3. The van der Waals surface area contributed by atoms with E-state index in [1.165, 1.54) is 13.8 Å². The number of amides is 1. The van der Waals surface area contributed by atoms with Gasteiger partial charge in [0.1, 0.15) is 0 Å². The standard InChI is InChI=1S/C9H13F3N2O4S/c1-5(19-6(2)15)4-14(7(16)3-13)18-8(17)9(10,11)12/h5H,3-4,13H2,1-2H3. The molecule has 0 spiro atoms. The number of nitrogens with zero attached hydrogens (tertiary/aromatic N) is 1. The number of hydrogen-bond donors (Lipinski definition) is 1. The topological polar surface area (TPSA) is 89.7 Å². The van der Waals surface area contributed by atoms with E-state index in [-0.39, 0.29) is 16.7 Å². The molecule has 1 unspecified atom stereocenters. The minimum Gasteiger partial charge on any atom is -0.329 e. The molecule has 6 nitrogen and oxygen atoms in total. The normalized spacial score (nSPS) is 12.7. The van der Waals surface area contributed by atoms with Crippen LogP contribution in [0.15, 0.2) is 0 Å². The lowest BCUT2D eigenvalue weighted by atomic mass is 10.4. The Labute approximate surface area is 111 Å². The zero-order chi connectivity index (χ0) is 15.2. The molecule has 0 aliphatic rings. The van der Waals surface area contributed by atoms with E-state index >= 15 is 0 Å². The fourth-order valence-corrected chi connectivity index (χ4v) is 1.77. The number of alkyl halides is 3. The summed E-state index contributed by atoms with van der Waals surface area (Å²) in [4.78, 5) is 36.6. The maximum absolute atomic E-state index is 12.0. The molecule has 0 saturated carbocycles. The summed E-state index contributed by atoms with van der Waals surface area (Å²) >= 11 is 0.799. The molecular weight excluding hydrogens is 289 g/mol. The lowest BCUT2D eigenvalue weighted by Gasteiger charge is -2.23. The highest BCUT2D eigenvalue weighted by Gasteiger charge is 2.43. The summed E-state index contributed by atoms with van der Waals surface area (Å²) in [6.07, 6.45) is -5.22. The van der Waals surface area contributed by atoms with Crippen LogP contribution in [-0.4, -0.2) is 46.6 Å². The zero-order valence-electron chi connectivity index (χ0n) is 10.2. The first-order valence-corrected chi connectivity index (χ1v) is 5.92. The monoisotopic (exact) mass is 302 g/mol. The molecule has 0 aromatic carbocycles. The second kappa shape index (κ2) is 7.34. The first kappa shape index (κ1) is 17.7. The largest absolute Gasteiger partial charge is 0.493 e. The van der Waals surface area contributed by atoms with E-state index in [9.17, 15) is 27.6 Å². The lowest BCUT2D eigenvalue weighted by Crippen LogP contribution is -2.44. The fourth-order valence-electron chi connectivity index (χ4n) is 0.998. The van der Waals surface area contributed by atoms with E-state index in [0.29, 0.717) is 0 Å². The molecule has 0 aromatic heterocycles. The molecule has 0 heterocycles. The van der Waals surface area contributed by atoms with Gasteiger partial charge in [-0.05, 0) is 0 Å². The molecule has 19 heavy (non-hydrogen) atoms. The summed E-state index contributed by atoms with van der Waals surface area (Å²) in [5, 5.41) is -0.611. The molecule has 2 N–H and O–H groups in total. The smallest absolute Gasteiger partial charge is 0.329 e. The zero-order valence-corrected chi connectivity index (χ0v) is 11.0. The van der Waals surface area contributed by atoms with E-state index in [1.807, 2.05) is 0 Å². The minimum absolute atomic E-state index is 0.219. The van der Waals surface area contributed by atoms with Crippen molar-refractivity contribution in [2.45, 2.75) is 25.3 Å². The average molecular weight is 302 g/mol. The summed E-state index contributed by atoms with van der Waals surface area (Å²) in [6, 6.07) is 0. The quantitative estimate of drug-likeness (QED) is 0.759. The van der Waals surface area contributed by atoms with Crippen molar-refractivity contribution >= 4 is 28.8 Å². The predicted octanol–water partition coefficient (Wildman–Crippen LogP) is 0.462. The minimum atomic E-state index is -5.22. The van der Waals surface area contributed by atoms with Gasteiger partial charge in [-0.1, -0.05) is 18.7 Å². The van der Waals surface area contributed by atoms with Gasteiger partial charge in [0.05, 0.1) is 13.1 Å². The first-order chi connectivity index (χ1) is 8.57. The third-order valence-corrected chi connectivity index (χ3v) is 2.55. The van der Waals surface area contributed by atoms with Crippen LogP contribution >= 0.6 is 11.8 Å². The molecule has 1 amide bonds. The fraction of sp³-hybridized carbons (Fsp3) is 0.667. The van der Waals surface area contributed by atoms with Crippen LogP contribution in [0.4, 0.5) is 13.2 Å².